The number of aryl methyl sites for hydroxylation is 1. The molecule has 1 heterocycles. The summed E-state index contributed by atoms with van der Waals surface area (Å²) in [5.74, 6) is 0.882. The Morgan fingerprint density at radius 1 is 1.20 bits per heavy atom. The van der Waals surface area contributed by atoms with Crippen molar-refractivity contribution in [2.24, 2.45) is 5.92 Å². The number of piperidine rings is 1. The van der Waals surface area contributed by atoms with E-state index in [1.165, 1.54) is 32.2 Å². The molecule has 1 aromatic carbocycles. The number of rotatable bonds is 5. The van der Waals surface area contributed by atoms with Gasteiger partial charge in [-0.1, -0.05) is 12.1 Å². The van der Waals surface area contributed by atoms with E-state index >= 15 is 0 Å². The van der Waals surface area contributed by atoms with Crippen LogP contribution in [-0.2, 0) is 6.54 Å². The topological polar surface area (TPSA) is 15.3 Å². The van der Waals surface area contributed by atoms with Crippen LogP contribution in [-0.4, -0.2) is 30.6 Å². The van der Waals surface area contributed by atoms with Crippen LogP contribution in [0.25, 0.3) is 0 Å². The van der Waals surface area contributed by atoms with Gasteiger partial charge >= 0.3 is 0 Å². The molecule has 2 nitrogen and oxygen atoms in total. The highest BCUT2D eigenvalue weighted by Crippen LogP contribution is 2.28. The van der Waals surface area contributed by atoms with Gasteiger partial charge in [0.25, 0.3) is 0 Å². The van der Waals surface area contributed by atoms with E-state index in [0.29, 0.717) is 6.04 Å². The molecule has 1 saturated heterocycles. The van der Waals surface area contributed by atoms with E-state index in [2.05, 4.69) is 16.3 Å². The number of nitrogens with zero attached hydrogens (tertiary/aromatic N) is 1. The Bertz CT molecular complexity index is 448. The molecular weight excluding hydrogens is 251 g/mol. The summed E-state index contributed by atoms with van der Waals surface area (Å²) in [4.78, 5) is 2.44. The van der Waals surface area contributed by atoms with E-state index in [0.717, 1.165) is 36.7 Å². The van der Waals surface area contributed by atoms with Crippen LogP contribution in [0.1, 0.15) is 36.8 Å². The van der Waals surface area contributed by atoms with Crippen molar-refractivity contribution in [1.82, 2.24) is 10.2 Å². The Labute approximate surface area is 121 Å². The molecule has 0 aromatic heterocycles. The van der Waals surface area contributed by atoms with E-state index in [-0.39, 0.29) is 5.82 Å². The van der Waals surface area contributed by atoms with Gasteiger partial charge in [-0.25, -0.2) is 4.39 Å². The Morgan fingerprint density at radius 2 is 1.95 bits per heavy atom. The molecule has 1 saturated carbocycles. The summed E-state index contributed by atoms with van der Waals surface area (Å²) >= 11 is 0. The summed E-state index contributed by atoms with van der Waals surface area (Å²) in [6.45, 7) is 6.16. The molecule has 2 fully saturated rings. The molecular formula is C17H25FN2. The zero-order valence-corrected chi connectivity index (χ0v) is 12.4. The van der Waals surface area contributed by atoms with Crippen molar-refractivity contribution in [3.05, 3.63) is 35.1 Å². The zero-order chi connectivity index (χ0) is 13.9. The molecule has 0 bridgehead atoms. The molecule has 0 radical (unpaired) electrons. The summed E-state index contributed by atoms with van der Waals surface area (Å²) in [5.41, 5.74) is 1.83. The SMILES string of the molecule is Cc1ccc(CN2CCC(NCC3CC3)CC2)cc1F. The number of likely N-dealkylation sites (tertiary alicyclic amines) is 1. The van der Waals surface area contributed by atoms with Crippen LogP contribution in [0.3, 0.4) is 0 Å². The predicted octanol–water partition coefficient (Wildman–Crippen LogP) is 3.10. The van der Waals surface area contributed by atoms with E-state index in [1.807, 2.05) is 13.0 Å². The average Bonchev–Trinajstić information content (AvgIpc) is 3.26. The number of nitrogens with one attached hydrogen (secondary N) is 1. The van der Waals surface area contributed by atoms with Crippen LogP contribution in [0, 0.1) is 18.7 Å². The Kier molecular flexibility index (Phi) is 4.37. The Hall–Kier alpha value is -0.930. The lowest BCUT2D eigenvalue weighted by molar-refractivity contribution is 0.190. The quantitative estimate of drug-likeness (QED) is 0.889. The van der Waals surface area contributed by atoms with Crippen molar-refractivity contribution in [2.75, 3.05) is 19.6 Å². The summed E-state index contributed by atoms with van der Waals surface area (Å²) in [5, 5.41) is 3.70. The van der Waals surface area contributed by atoms with Crippen molar-refractivity contribution < 1.29 is 4.39 Å². The number of hydrogen-bond donors (Lipinski definition) is 1. The molecule has 1 aliphatic carbocycles. The smallest absolute Gasteiger partial charge is 0.126 e. The minimum atomic E-state index is -0.0801. The molecule has 1 aliphatic heterocycles. The second-order valence-corrected chi connectivity index (χ2v) is 6.49. The fourth-order valence-corrected chi connectivity index (χ4v) is 2.94. The molecule has 0 unspecified atom stereocenters. The first kappa shape index (κ1) is 14.0. The third-order valence-electron chi connectivity index (χ3n) is 4.62. The first-order chi connectivity index (χ1) is 9.70. The van der Waals surface area contributed by atoms with Crippen molar-refractivity contribution in [3.63, 3.8) is 0 Å². The molecule has 0 spiro atoms. The van der Waals surface area contributed by atoms with Gasteiger partial charge in [-0.05, 0) is 75.4 Å². The average molecular weight is 276 g/mol. The molecule has 1 N–H and O–H groups in total. The largest absolute Gasteiger partial charge is 0.314 e. The zero-order valence-electron chi connectivity index (χ0n) is 12.4. The maximum Gasteiger partial charge on any atom is 0.126 e. The first-order valence-corrected chi connectivity index (χ1v) is 7.91. The lowest BCUT2D eigenvalue weighted by Crippen LogP contribution is -2.42. The molecule has 2 aliphatic rings. The lowest BCUT2D eigenvalue weighted by Gasteiger charge is -2.32. The van der Waals surface area contributed by atoms with Crippen molar-refractivity contribution in [3.8, 4) is 0 Å². The van der Waals surface area contributed by atoms with Crippen LogP contribution in [0.4, 0.5) is 4.39 Å². The van der Waals surface area contributed by atoms with Gasteiger partial charge in [-0.15, -0.1) is 0 Å². The highest BCUT2D eigenvalue weighted by molar-refractivity contribution is 5.23. The van der Waals surface area contributed by atoms with E-state index in [1.54, 1.807) is 6.07 Å². The third kappa shape index (κ3) is 3.80. The third-order valence-corrected chi connectivity index (χ3v) is 4.62. The van der Waals surface area contributed by atoms with Gasteiger partial charge in [0.15, 0.2) is 0 Å². The first-order valence-electron chi connectivity index (χ1n) is 7.91. The van der Waals surface area contributed by atoms with Gasteiger partial charge in [0.1, 0.15) is 5.82 Å². The highest BCUT2D eigenvalue weighted by atomic mass is 19.1. The minimum Gasteiger partial charge on any atom is -0.314 e. The molecule has 3 heteroatoms. The van der Waals surface area contributed by atoms with E-state index in [9.17, 15) is 4.39 Å². The maximum absolute atomic E-state index is 13.5. The van der Waals surface area contributed by atoms with Gasteiger partial charge < -0.3 is 5.32 Å². The van der Waals surface area contributed by atoms with Crippen LogP contribution in [0.15, 0.2) is 18.2 Å². The van der Waals surface area contributed by atoms with Gasteiger partial charge in [-0.3, -0.25) is 4.90 Å². The van der Waals surface area contributed by atoms with Crippen LogP contribution >= 0.6 is 0 Å². The fourth-order valence-electron chi connectivity index (χ4n) is 2.94. The molecule has 1 aromatic rings. The summed E-state index contributed by atoms with van der Waals surface area (Å²) < 4.78 is 13.5. The summed E-state index contributed by atoms with van der Waals surface area (Å²) in [6.07, 6.45) is 5.29. The second-order valence-electron chi connectivity index (χ2n) is 6.49. The number of halogens is 1. The standard InChI is InChI=1S/C17H25FN2/c1-13-2-3-15(10-17(13)18)12-20-8-6-16(7-9-20)19-11-14-4-5-14/h2-3,10,14,16,19H,4-9,11-12H2,1H3. The predicted molar refractivity (Wildman–Crippen MR) is 80.2 cm³/mol. The molecule has 110 valence electrons. The van der Waals surface area contributed by atoms with Gasteiger partial charge in [0.05, 0.1) is 0 Å². The monoisotopic (exact) mass is 276 g/mol. The van der Waals surface area contributed by atoms with Crippen molar-refractivity contribution >= 4 is 0 Å². The molecule has 20 heavy (non-hydrogen) atoms. The van der Waals surface area contributed by atoms with E-state index < -0.39 is 0 Å². The van der Waals surface area contributed by atoms with Crippen LogP contribution < -0.4 is 5.32 Å². The van der Waals surface area contributed by atoms with Crippen LogP contribution in [0.2, 0.25) is 0 Å². The highest BCUT2D eigenvalue weighted by Gasteiger charge is 2.24. The van der Waals surface area contributed by atoms with Crippen LogP contribution in [0.5, 0.6) is 0 Å². The minimum absolute atomic E-state index is 0.0801. The van der Waals surface area contributed by atoms with Crippen molar-refractivity contribution in [2.45, 2.75) is 45.2 Å². The second kappa shape index (κ2) is 6.23. The summed E-state index contributed by atoms with van der Waals surface area (Å²) in [6, 6.07) is 6.32. The number of hydrogen-bond acceptors (Lipinski definition) is 2. The van der Waals surface area contributed by atoms with Gasteiger partial charge in [0.2, 0.25) is 0 Å². The maximum atomic E-state index is 13.5. The Morgan fingerprint density at radius 3 is 2.60 bits per heavy atom. The van der Waals surface area contributed by atoms with Crippen molar-refractivity contribution in [1.29, 1.82) is 0 Å². The Balaban J connectivity index is 1.44. The molecule has 3 rings (SSSR count). The number of benzene rings is 1. The summed E-state index contributed by atoms with van der Waals surface area (Å²) in [7, 11) is 0. The normalized spacial score (nSPS) is 21.3. The van der Waals surface area contributed by atoms with Gasteiger partial charge in [-0.2, -0.15) is 0 Å². The van der Waals surface area contributed by atoms with Gasteiger partial charge in [0, 0.05) is 12.6 Å². The van der Waals surface area contributed by atoms with E-state index in [4.69, 9.17) is 0 Å². The fraction of sp³-hybridized carbons (Fsp3) is 0.647. The lowest BCUT2D eigenvalue weighted by atomic mass is 10.0. The molecule has 0 atom stereocenters. The molecule has 0 amide bonds.